The van der Waals surface area contributed by atoms with Gasteiger partial charge in [0.15, 0.2) is 0 Å². The van der Waals surface area contributed by atoms with E-state index in [-0.39, 0.29) is 12.3 Å². The number of nitrogens with two attached hydrogens (primary N) is 1. The van der Waals surface area contributed by atoms with Gasteiger partial charge in [0, 0.05) is 6.42 Å². The fourth-order valence-electron chi connectivity index (χ4n) is 3.02. The van der Waals surface area contributed by atoms with E-state index in [1.807, 2.05) is 0 Å². The molecule has 1 aliphatic carbocycles. The molecule has 0 spiro atoms. The number of carboxylic acids is 1. The van der Waals surface area contributed by atoms with Gasteiger partial charge in [-0.25, -0.2) is 0 Å². The van der Waals surface area contributed by atoms with Gasteiger partial charge in [-0.1, -0.05) is 45.4 Å². The number of aliphatic carboxylic acids is 1. The topological polar surface area (TPSA) is 63.3 Å². The normalized spacial score (nSPS) is 20.4. The molecular weight excluding hydrogens is 214 g/mol. The second kappa shape index (κ2) is 7.70. The van der Waals surface area contributed by atoms with Crippen molar-refractivity contribution in [3.8, 4) is 0 Å². The maximum Gasteiger partial charge on any atom is 0.303 e. The Balaban J connectivity index is 2.17. The van der Waals surface area contributed by atoms with Crippen molar-refractivity contribution in [3.05, 3.63) is 0 Å². The highest BCUT2D eigenvalue weighted by atomic mass is 16.4. The Morgan fingerprint density at radius 2 is 2.06 bits per heavy atom. The maximum atomic E-state index is 10.7. The maximum absolute atomic E-state index is 10.7. The number of carbonyl (C=O) groups is 1. The van der Waals surface area contributed by atoms with Gasteiger partial charge in [-0.3, -0.25) is 4.79 Å². The molecule has 2 atom stereocenters. The summed E-state index contributed by atoms with van der Waals surface area (Å²) in [6.45, 7) is 2.74. The predicted molar refractivity (Wildman–Crippen MR) is 69.8 cm³/mol. The van der Waals surface area contributed by atoms with E-state index in [4.69, 9.17) is 10.8 Å². The highest BCUT2D eigenvalue weighted by Gasteiger charge is 2.18. The van der Waals surface area contributed by atoms with E-state index in [0.29, 0.717) is 12.5 Å². The molecular formula is C14H27NO2. The molecule has 0 radical (unpaired) electrons. The third-order valence-electron chi connectivity index (χ3n) is 4.07. The first-order chi connectivity index (χ1) is 8.11. The van der Waals surface area contributed by atoms with Gasteiger partial charge < -0.3 is 10.8 Å². The summed E-state index contributed by atoms with van der Waals surface area (Å²) < 4.78 is 0. The summed E-state index contributed by atoms with van der Waals surface area (Å²) in [6, 6.07) is 0. The number of carboxylic acid groups (broad SMARTS) is 1. The first-order valence-electron chi connectivity index (χ1n) is 7.03. The molecule has 1 fully saturated rings. The highest BCUT2D eigenvalue weighted by Crippen LogP contribution is 2.31. The third-order valence-corrected chi connectivity index (χ3v) is 4.07. The lowest BCUT2D eigenvalue weighted by molar-refractivity contribution is -0.138. The second-order valence-corrected chi connectivity index (χ2v) is 5.77. The minimum atomic E-state index is -0.719. The molecule has 1 rings (SSSR count). The van der Waals surface area contributed by atoms with Crippen molar-refractivity contribution in [1.29, 1.82) is 0 Å². The van der Waals surface area contributed by atoms with Gasteiger partial charge in [0.1, 0.15) is 0 Å². The molecule has 100 valence electrons. The van der Waals surface area contributed by atoms with E-state index >= 15 is 0 Å². The quantitative estimate of drug-likeness (QED) is 0.686. The summed E-state index contributed by atoms with van der Waals surface area (Å²) in [5.41, 5.74) is 5.62. The first kappa shape index (κ1) is 14.5. The lowest BCUT2D eigenvalue weighted by Crippen LogP contribution is -2.20. The van der Waals surface area contributed by atoms with Crippen LogP contribution in [0.1, 0.15) is 58.3 Å². The van der Waals surface area contributed by atoms with Crippen molar-refractivity contribution in [2.45, 2.75) is 58.3 Å². The van der Waals surface area contributed by atoms with Gasteiger partial charge in [0.05, 0.1) is 0 Å². The predicted octanol–water partition coefficient (Wildman–Crippen LogP) is 3.03. The van der Waals surface area contributed by atoms with E-state index in [1.54, 1.807) is 0 Å². The Bertz CT molecular complexity index is 224. The minimum absolute atomic E-state index is 0.158. The van der Waals surface area contributed by atoms with Gasteiger partial charge in [-0.2, -0.15) is 0 Å². The average Bonchev–Trinajstić information content (AvgIpc) is 2.77. The number of rotatable bonds is 8. The molecule has 0 aliphatic heterocycles. The van der Waals surface area contributed by atoms with Crippen molar-refractivity contribution in [3.63, 3.8) is 0 Å². The van der Waals surface area contributed by atoms with E-state index in [1.165, 1.54) is 38.5 Å². The molecule has 0 aromatic heterocycles. The van der Waals surface area contributed by atoms with E-state index in [2.05, 4.69) is 6.92 Å². The fraction of sp³-hybridized carbons (Fsp3) is 0.929. The molecule has 3 heteroatoms. The van der Waals surface area contributed by atoms with Crippen molar-refractivity contribution in [2.75, 3.05) is 6.54 Å². The molecule has 1 aliphatic rings. The lowest BCUT2D eigenvalue weighted by atomic mass is 9.88. The Labute approximate surface area is 105 Å². The second-order valence-electron chi connectivity index (χ2n) is 5.77. The molecule has 3 nitrogen and oxygen atoms in total. The lowest BCUT2D eigenvalue weighted by Gasteiger charge is -2.19. The molecule has 0 aromatic rings. The SMILES string of the molecule is C[C@@H](CCC1CCCC1)C[C@H](CN)CC(=O)O. The molecule has 1 saturated carbocycles. The minimum Gasteiger partial charge on any atom is -0.481 e. The molecule has 0 saturated heterocycles. The van der Waals surface area contributed by atoms with E-state index in [9.17, 15) is 4.79 Å². The Morgan fingerprint density at radius 1 is 1.41 bits per heavy atom. The zero-order valence-electron chi connectivity index (χ0n) is 11.0. The van der Waals surface area contributed by atoms with Gasteiger partial charge in [-0.05, 0) is 30.7 Å². The summed E-state index contributed by atoms with van der Waals surface area (Å²) in [4.78, 5) is 10.7. The molecule has 0 unspecified atom stereocenters. The zero-order valence-corrected chi connectivity index (χ0v) is 11.0. The van der Waals surface area contributed by atoms with E-state index in [0.717, 1.165) is 12.3 Å². The number of hydrogen-bond donors (Lipinski definition) is 2. The van der Waals surface area contributed by atoms with Crippen molar-refractivity contribution in [2.24, 2.45) is 23.5 Å². The Kier molecular flexibility index (Phi) is 6.56. The molecule has 17 heavy (non-hydrogen) atoms. The Hall–Kier alpha value is -0.570. The van der Waals surface area contributed by atoms with Crippen molar-refractivity contribution >= 4 is 5.97 Å². The van der Waals surface area contributed by atoms with Crippen LogP contribution in [0.25, 0.3) is 0 Å². The van der Waals surface area contributed by atoms with Crippen LogP contribution in [0.5, 0.6) is 0 Å². The molecule has 3 N–H and O–H groups in total. The molecule has 0 bridgehead atoms. The van der Waals surface area contributed by atoms with Crippen LogP contribution in [0.4, 0.5) is 0 Å². The molecule has 0 amide bonds. The zero-order chi connectivity index (χ0) is 12.7. The summed E-state index contributed by atoms with van der Waals surface area (Å²) >= 11 is 0. The summed E-state index contributed by atoms with van der Waals surface area (Å²) in [7, 11) is 0. The third kappa shape index (κ3) is 6.06. The van der Waals surface area contributed by atoms with Crippen LogP contribution in [0.3, 0.4) is 0 Å². The van der Waals surface area contributed by atoms with Crippen LogP contribution < -0.4 is 5.73 Å². The van der Waals surface area contributed by atoms with Crippen LogP contribution in [0.2, 0.25) is 0 Å². The van der Waals surface area contributed by atoms with Gasteiger partial charge in [0.2, 0.25) is 0 Å². The number of hydrogen-bond acceptors (Lipinski definition) is 2. The standard InChI is InChI=1S/C14H27NO2/c1-11(6-7-12-4-2-3-5-12)8-13(10-15)9-14(16)17/h11-13H,2-10,15H2,1H3,(H,16,17)/t11-,13-/m0/s1. The fourth-order valence-corrected chi connectivity index (χ4v) is 3.02. The monoisotopic (exact) mass is 241 g/mol. The van der Waals surface area contributed by atoms with Crippen LogP contribution >= 0.6 is 0 Å². The van der Waals surface area contributed by atoms with E-state index < -0.39 is 5.97 Å². The highest BCUT2D eigenvalue weighted by molar-refractivity contribution is 5.67. The van der Waals surface area contributed by atoms with Crippen LogP contribution in [-0.4, -0.2) is 17.6 Å². The van der Waals surface area contributed by atoms with Crippen molar-refractivity contribution < 1.29 is 9.90 Å². The smallest absolute Gasteiger partial charge is 0.303 e. The van der Waals surface area contributed by atoms with Crippen LogP contribution in [0, 0.1) is 17.8 Å². The van der Waals surface area contributed by atoms with Crippen molar-refractivity contribution in [1.82, 2.24) is 0 Å². The molecule has 0 heterocycles. The van der Waals surface area contributed by atoms with Gasteiger partial charge in [-0.15, -0.1) is 0 Å². The summed E-state index contributed by atoms with van der Waals surface area (Å²) in [5, 5.41) is 8.77. The van der Waals surface area contributed by atoms with Crippen LogP contribution in [-0.2, 0) is 4.79 Å². The summed E-state index contributed by atoms with van der Waals surface area (Å²) in [5.74, 6) is 0.992. The van der Waals surface area contributed by atoms with Gasteiger partial charge >= 0.3 is 5.97 Å². The summed E-state index contributed by atoms with van der Waals surface area (Å²) in [6.07, 6.45) is 9.38. The average molecular weight is 241 g/mol. The van der Waals surface area contributed by atoms with Crippen LogP contribution in [0.15, 0.2) is 0 Å². The molecule has 0 aromatic carbocycles. The Morgan fingerprint density at radius 3 is 2.59 bits per heavy atom. The first-order valence-corrected chi connectivity index (χ1v) is 7.03. The van der Waals surface area contributed by atoms with Gasteiger partial charge in [0.25, 0.3) is 0 Å². The largest absolute Gasteiger partial charge is 0.481 e.